The van der Waals surface area contributed by atoms with Crippen molar-refractivity contribution in [2.45, 2.75) is 13.0 Å². The molecule has 0 saturated heterocycles. The van der Waals surface area contributed by atoms with Crippen LogP contribution in [0.1, 0.15) is 17.3 Å². The minimum atomic E-state index is -0.655. The summed E-state index contributed by atoms with van der Waals surface area (Å²) in [5.41, 5.74) is 6.02. The number of hydrogen-bond acceptors (Lipinski definition) is 3. The Hall–Kier alpha value is -1.46. The van der Waals surface area contributed by atoms with Gasteiger partial charge in [-0.2, -0.15) is 0 Å². The van der Waals surface area contributed by atoms with Crippen LogP contribution in [0.4, 0.5) is 5.69 Å². The van der Waals surface area contributed by atoms with E-state index in [9.17, 15) is 9.59 Å². The quantitative estimate of drug-likeness (QED) is 0.736. The van der Waals surface area contributed by atoms with Crippen molar-refractivity contribution in [1.82, 2.24) is 10.6 Å². The van der Waals surface area contributed by atoms with E-state index in [2.05, 4.69) is 10.6 Å². The minimum Gasteiger partial charge on any atom is -0.396 e. The zero-order chi connectivity index (χ0) is 13.9. The van der Waals surface area contributed by atoms with Crippen LogP contribution in [0.3, 0.4) is 0 Å². The summed E-state index contributed by atoms with van der Waals surface area (Å²) in [6.45, 7) is 1.57. The summed E-state index contributed by atoms with van der Waals surface area (Å²) in [6.07, 6.45) is 0. The highest BCUT2D eigenvalue weighted by atomic mass is 35.5. The van der Waals surface area contributed by atoms with Gasteiger partial charge in [0.15, 0.2) is 0 Å². The fraction of sp³-hybridized carbons (Fsp3) is 0.273. The Morgan fingerprint density at radius 3 is 2.22 bits per heavy atom. The maximum atomic E-state index is 11.8. The number of carbonyl (C=O) groups excluding carboxylic acids is 2. The standard InChI is InChI=1S/C11H13Cl2N3O2/c1-5(10(17)15-2)16-11(18)6-3-7(12)9(14)8(13)4-6/h3-5H,14H2,1-2H3,(H,15,17)(H,16,18). The molecule has 0 radical (unpaired) electrons. The summed E-state index contributed by atoms with van der Waals surface area (Å²) in [5, 5.41) is 5.33. The fourth-order valence-electron chi connectivity index (χ4n) is 1.28. The smallest absolute Gasteiger partial charge is 0.252 e. The van der Waals surface area contributed by atoms with Crippen LogP contribution < -0.4 is 16.4 Å². The van der Waals surface area contributed by atoms with E-state index in [0.717, 1.165) is 0 Å². The molecule has 5 nitrogen and oxygen atoms in total. The molecule has 0 bridgehead atoms. The van der Waals surface area contributed by atoms with Crippen LogP contribution in [0.15, 0.2) is 12.1 Å². The molecule has 0 aromatic heterocycles. The molecule has 4 N–H and O–H groups in total. The van der Waals surface area contributed by atoms with E-state index in [4.69, 9.17) is 28.9 Å². The highest BCUT2D eigenvalue weighted by Gasteiger charge is 2.16. The van der Waals surface area contributed by atoms with Gasteiger partial charge in [0.2, 0.25) is 5.91 Å². The fourth-order valence-corrected chi connectivity index (χ4v) is 1.76. The third kappa shape index (κ3) is 3.27. The van der Waals surface area contributed by atoms with Gasteiger partial charge in [-0.25, -0.2) is 0 Å². The van der Waals surface area contributed by atoms with Crippen molar-refractivity contribution in [3.05, 3.63) is 27.7 Å². The number of carbonyl (C=O) groups is 2. The summed E-state index contributed by atoms with van der Waals surface area (Å²) in [6, 6.07) is 2.14. The molecule has 1 aromatic carbocycles. The van der Waals surface area contributed by atoms with Crippen LogP contribution >= 0.6 is 23.2 Å². The van der Waals surface area contributed by atoms with E-state index in [-0.39, 0.29) is 27.2 Å². The molecule has 0 aliphatic carbocycles. The molecule has 0 fully saturated rings. The van der Waals surface area contributed by atoms with E-state index in [1.54, 1.807) is 6.92 Å². The van der Waals surface area contributed by atoms with E-state index >= 15 is 0 Å². The average molecular weight is 290 g/mol. The number of anilines is 1. The van der Waals surface area contributed by atoms with Crippen molar-refractivity contribution in [3.63, 3.8) is 0 Å². The highest BCUT2D eigenvalue weighted by molar-refractivity contribution is 6.39. The van der Waals surface area contributed by atoms with Gasteiger partial charge in [-0.05, 0) is 19.1 Å². The zero-order valence-electron chi connectivity index (χ0n) is 9.88. The van der Waals surface area contributed by atoms with E-state index in [0.29, 0.717) is 0 Å². The lowest BCUT2D eigenvalue weighted by Crippen LogP contribution is -2.43. The Kier molecular flexibility index (Phi) is 4.81. The number of amides is 2. The van der Waals surface area contributed by atoms with Crippen LogP contribution in [0.25, 0.3) is 0 Å². The van der Waals surface area contributed by atoms with E-state index in [1.165, 1.54) is 19.2 Å². The maximum absolute atomic E-state index is 11.8. The molecule has 7 heteroatoms. The van der Waals surface area contributed by atoms with E-state index < -0.39 is 11.9 Å². The second kappa shape index (κ2) is 5.93. The number of rotatable bonds is 3. The molecule has 1 unspecified atom stereocenters. The zero-order valence-corrected chi connectivity index (χ0v) is 11.4. The molecule has 0 aliphatic heterocycles. The molecule has 0 heterocycles. The lowest BCUT2D eigenvalue weighted by Gasteiger charge is -2.13. The third-order valence-electron chi connectivity index (χ3n) is 2.33. The number of halogens is 2. The van der Waals surface area contributed by atoms with Gasteiger partial charge in [-0.1, -0.05) is 23.2 Å². The molecule has 1 rings (SSSR count). The Morgan fingerprint density at radius 1 is 1.28 bits per heavy atom. The summed E-state index contributed by atoms with van der Waals surface area (Å²) in [5.74, 6) is -0.745. The van der Waals surface area contributed by atoms with Crippen LogP contribution in [0.2, 0.25) is 10.0 Å². The van der Waals surface area contributed by atoms with Gasteiger partial charge < -0.3 is 16.4 Å². The molecule has 1 atom stereocenters. The number of nitrogens with two attached hydrogens (primary N) is 1. The SMILES string of the molecule is CNC(=O)C(C)NC(=O)c1cc(Cl)c(N)c(Cl)c1. The van der Waals surface area contributed by atoms with Gasteiger partial charge in [-0.3, -0.25) is 9.59 Å². The van der Waals surface area contributed by atoms with Gasteiger partial charge >= 0.3 is 0 Å². The largest absolute Gasteiger partial charge is 0.396 e. The normalized spacial score (nSPS) is 11.8. The first-order valence-electron chi connectivity index (χ1n) is 5.13. The first-order chi connectivity index (χ1) is 8.36. The first-order valence-corrected chi connectivity index (χ1v) is 5.89. The summed E-state index contributed by atoms with van der Waals surface area (Å²) in [4.78, 5) is 23.1. The number of likely N-dealkylation sites (N-methyl/N-ethyl adjacent to an activating group) is 1. The Balaban J connectivity index is 2.89. The Labute approximate surface area is 115 Å². The topological polar surface area (TPSA) is 84.2 Å². The second-order valence-corrected chi connectivity index (χ2v) is 4.48. The van der Waals surface area contributed by atoms with Crippen LogP contribution in [-0.2, 0) is 4.79 Å². The molecule has 1 aromatic rings. The van der Waals surface area contributed by atoms with Crippen molar-refractivity contribution in [2.75, 3.05) is 12.8 Å². The van der Waals surface area contributed by atoms with Crippen LogP contribution in [-0.4, -0.2) is 24.9 Å². The number of benzene rings is 1. The highest BCUT2D eigenvalue weighted by Crippen LogP contribution is 2.28. The van der Waals surface area contributed by atoms with Gasteiger partial charge in [0.1, 0.15) is 6.04 Å². The monoisotopic (exact) mass is 289 g/mol. The van der Waals surface area contributed by atoms with Crippen molar-refractivity contribution >= 4 is 40.7 Å². The molecule has 0 aliphatic rings. The van der Waals surface area contributed by atoms with Crippen molar-refractivity contribution in [3.8, 4) is 0 Å². The van der Waals surface area contributed by atoms with Crippen LogP contribution in [0.5, 0.6) is 0 Å². The van der Waals surface area contributed by atoms with Gasteiger partial charge in [-0.15, -0.1) is 0 Å². The molecule has 98 valence electrons. The number of hydrogen-bond donors (Lipinski definition) is 3. The van der Waals surface area contributed by atoms with Gasteiger partial charge in [0.05, 0.1) is 15.7 Å². The number of nitrogens with one attached hydrogen (secondary N) is 2. The summed E-state index contributed by atoms with van der Waals surface area (Å²) >= 11 is 11.6. The summed E-state index contributed by atoms with van der Waals surface area (Å²) in [7, 11) is 1.49. The van der Waals surface area contributed by atoms with Crippen molar-refractivity contribution in [1.29, 1.82) is 0 Å². The molecular weight excluding hydrogens is 277 g/mol. The minimum absolute atomic E-state index is 0.195. The lowest BCUT2D eigenvalue weighted by atomic mass is 10.1. The molecule has 18 heavy (non-hydrogen) atoms. The first kappa shape index (κ1) is 14.6. The average Bonchev–Trinajstić information content (AvgIpc) is 2.33. The van der Waals surface area contributed by atoms with Crippen molar-refractivity contribution < 1.29 is 9.59 Å². The van der Waals surface area contributed by atoms with Crippen molar-refractivity contribution in [2.24, 2.45) is 0 Å². The predicted molar refractivity (Wildman–Crippen MR) is 71.9 cm³/mol. The molecule has 0 saturated carbocycles. The van der Waals surface area contributed by atoms with Gasteiger partial charge in [0.25, 0.3) is 5.91 Å². The van der Waals surface area contributed by atoms with E-state index in [1.807, 2.05) is 0 Å². The molecular formula is C11H13Cl2N3O2. The van der Waals surface area contributed by atoms with Crippen LogP contribution in [0, 0.1) is 0 Å². The summed E-state index contributed by atoms with van der Waals surface area (Å²) < 4.78 is 0. The van der Waals surface area contributed by atoms with Gasteiger partial charge in [0, 0.05) is 12.6 Å². The Bertz CT molecular complexity index is 468. The second-order valence-electron chi connectivity index (χ2n) is 3.66. The lowest BCUT2D eigenvalue weighted by molar-refractivity contribution is -0.122. The molecule has 0 spiro atoms. The Morgan fingerprint density at radius 2 is 1.78 bits per heavy atom. The molecule has 2 amide bonds. The third-order valence-corrected chi connectivity index (χ3v) is 2.95. The maximum Gasteiger partial charge on any atom is 0.252 e. The predicted octanol–water partition coefficient (Wildman–Crippen LogP) is 1.44. The number of nitrogen functional groups attached to an aromatic ring is 1.